The third-order valence-electron chi connectivity index (χ3n) is 15.1. The predicted octanol–water partition coefficient (Wildman–Crippen LogP) is 22.2. The number of phosphoric acid groups is 2. The molecule has 101 heavy (non-hydrogen) atoms. The molecule has 0 amide bonds. The third-order valence-corrected chi connectivity index (χ3v) is 17.0. The van der Waals surface area contributed by atoms with Crippen LogP contribution < -0.4 is 0 Å². The standard InChI is InChI=1S/C83H134O16P2/c1-4-7-10-13-16-19-22-25-28-31-33-34-35-36-37-38-39-40-41-42-44-47-48-51-54-57-60-63-66-69-81(86)93-72-78(84)73-95-100(89,90)96-74-79(85)75-97-101(91,92)98-77-80(99-83(88)71-68-65-62-59-56-53-50-45-30-27-24-21-18-15-12-9-6-3)76-94-82(87)70-67-64-61-58-55-52-49-46-43-32-29-26-23-20-17-14-11-8-5-2/h8-9,11-12,16-21,25-30,33-34,36-37,43,46,50,52-53,55,59,61-62,64,78-80,84-85H,4-7,10,13-15,22-24,31-32,35,38-42,44-45,47-49,51,54,56-58,60,63,65-77H2,1-3H3,(H,89,90)(H,91,92)/b11-8-,12-9-,19-16-,20-17-,21-18-,28-25-,29-26-,30-27-,34-33-,37-36-,46-43-,53-50-,55-52-,62-59-,64-61-. The van der Waals surface area contributed by atoms with E-state index in [-0.39, 0.29) is 19.3 Å². The van der Waals surface area contributed by atoms with Gasteiger partial charge in [0.1, 0.15) is 25.4 Å². The van der Waals surface area contributed by atoms with E-state index in [1.165, 1.54) is 83.5 Å². The van der Waals surface area contributed by atoms with Gasteiger partial charge in [-0.3, -0.25) is 32.5 Å². The van der Waals surface area contributed by atoms with Crippen LogP contribution in [-0.4, -0.2) is 95.9 Å². The normalized spacial score (nSPS) is 15.0. The monoisotopic (exact) mass is 1450 g/mol. The molecule has 5 atom stereocenters. The molecule has 0 saturated heterocycles. The Morgan fingerprint density at radius 3 is 0.921 bits per heavy atom. The number of carbonyl (C=O) groups excluding carboxylic acids is 3. The summed E-state index contributed by atoms with van der Waals surface area (Å²) in [6, 6.07) is 0. The third kappa shape index (κ3) is 75.6. The molecule has 0 aliphatic rings. The summed E-state index contributed by atoms with van der Waals surface area (Å²) in [5.41, 5.74) is 0. The summed E-state index contributed by atoms with van der Waals surface area (Å²) < 4.78 is 60.9. The lowest BCUT2D eigenvalue weighted by atomic mass is 10.0. The minimum atomic E-state index is -4.97. The molecular formula is C83H134O16P2. The van der Waals surface area contributed by atoms with Crippen molar-refractivity contribution in [2.24, 2.45) is 0 Å². The van der Waals surface area contributed by atoms with Crippen LogP contribution in [0, 0.1) is 0 Å². The maximum Gasteiger partial charge on any atom is 0.472 e. The first-order chi connectivity index (χ1) is 49.2. The topological polar surface area (TPSA) is 231 Å². The van der Waals surface area contributed by atoms with Crippen molar-refractivity contribution in [3.05, 3.63) is 182 Å². The van der Waals surface area contributed by atoms with Crippen molar-refractivity contribution in [1.29, 1.82) is 0 Å². The van der Waals surface area contributed by atoms with Crippen molar-refractivity contribution in [3.63, 3.8) is 0 Å². The summed E-state index contributed by atoms with van der Waals surface area (Å²) in [5, 5.41) is 20.6. The molecular weight excluding hydrogens is 1310 g/mol. The number of aliphatic hydroxyl groups is 2. The Balaban J connectivity index is 4.65. The van der Waals surface area contributed by atoms with Crippen LogP contribution in [0.5, 0.6) is 0 Å². The zero-order valence-corrected chi connectivity index (χ0v) is 64.0. The molecule has 572 valence electrons. The summed E-state index contributed by atoms with van der Waals surface area (Å²) in [4.78, 5) is 58.5. The SMILES string of the molecule is CC/C=C\C/C=C\C/C=C\C/C=C\C/C=C\C/C=C\CCC(=O)OCC(COP(=O)(O)OCC(O)COP(=O)(O)OCC(O)COC(=O)CCCCCCCCCCCCCCC/C=C\C/C=C\C/C=C\C/C=C\CCCCC)OC(=O)CCC/C=C\C/C=C\C/C=C\C/C=C\C/C=C\CC. The van der Waals surface area contributed by atoms with Crippen molar-refractivity contribution in [1.82, 2.24) is 0 Å². The molecule has 0 aromatic rings. The number of esters is 3. The zero-order valence-electron chi connectivity index (χ0n) is 62.2. The van der Waals surface area contributed by atoms with Gasteiger partial charge in [0, 0.05) is 19.3 Å². The first-order valence-electron chi connectivity index (χ1n) is 38.1. The van der Waals surface area contributed by atoms with Gasteiger partial charge in [-0.05, 0) is 141 Å². The van der Waals surface area contributed by atoms with E-state index in [9.17, 15) is 43.5 Å². The lowest BCUT2D eigenvalue weighted by Gasteiger charge is -2.21. The molecule has 0 saturated carbocycles. The highest BCUT2D eigenvalue weighted by atomic mass is 31.2. The number of unbranched alkanes of at least 4 members (excludes halogenated alkanes) is 17. The van der Waals surface area contributed by atoms with Gasteiger partial charge in [0.15, 0.2) is 6.10 Å². The fourth-order valence-corrected chi connectivity index (χ4v) is 11.0. The number of ether oxygens (including phenoxy) is 3. The van der Waals surface area contributed by atoms with Gasteiger partial charge in [0.2, 0.25) is 0 Å². The van der Waals surface area contributed by atoms with Gasteiger partial charge < -0.3 is 34.2 Å². The van der Waals surface area contributed by atoms with Crippen LogP contribution in [0.4, 0.5) is 0 Å². The average Bonchev–Trinajstić information content (AvgIpc) is 1.07. The van der Waals surface area contributed by atoms with Gasteiger partial charge in [-0.15, -0.1) is 0 Å². The van der Waals surface area contributed by atoms with E-state index in [1.54, 1.807) is 0 Å². The minimum absolute atomic E-state index is 0.00296. The molecule has 0 spiro atoms. The maximum atomic E-state index is 12.9. The second-order valence-corrected chi connectivity index (χ2v) is 27.6. The summed E-state index contributed by atoms with van der Waals surface area (Å²) in [6.07, 6.45) is 95.5. The molecule has 0 bridgehead atoms. The fraction of sp³-hybridized carbons (Fsp3) is 0.602. The van der Waals surface area contributed by atoms with Gasteiger partial charge in [-0.25, -0.2) is 9.13 Å². The van der Waals surface area contributed by atoms with Gasteiger partial charge >= 0.3 is 33.6 Å². The largest absolute Gasteiger partial charge is 0.472 e. The van der Waals surface area contributed by atoms with E-state index in [0.29, 0.717) is 32.1 Å². The molecule has 18 heteroatoms. The summed E-state index contributed by atoms with van der Waals surface area (Å²) in [6.45, 7) is 2.23. The Labute approximate surface area is 611 Å². The smallest absolute Gasteiger partial charge is 0.463 e. The van der Waals surface area contributed by atoms with Gasteiger partial charge in [-0.2, -0.15) is 0 Å². The van der Waals surface area contributed by atoms with Gasteiger partial charge in [-0.1, -0.05) is 287 Å². The number of hydrogen-bond donors (Lipinski definition) is 4. The van der Waals surface area contributed by atoms with Gasteiger partial charge in [0.25, 0.3) is 0 Å². The highest BCUT2D eigenvalue weighted by Gasteiger charge is 2.29. The van der Waals surface area contributed by atoms with Crippen molar-refractivity contribution in [2.75, 3.05) is 39.6 Å². The number of carbonyl (C=O) groups is 3. The lowest BCUT2D eigenvalue weighted by molar-refractivity contribution is -0.161. The second kappa shape index (κ2) is 74.4. The second-order valence-electron chi connectivity index (χ2n) is 24.7. The lowest BCUT2D eigenvalue weighted by Crippen LogP contribution is -2.30. The van der Waals surface area contributed by atoms with E-state index < -0.39 is 91.5 Å². The Morgan fingerprint density at radius 1 is 0.287 bits per heavy atom. The number of rotatable bonds is 70. The van der Waals surface area contributed by atoms with Crippen LogP contribution in [0.15, 0.2) is 182 Å². The first-order valence-corrected chi connectivity index (χ1v) is 41.1. The molecule has 4 N–H and O–H groups in total. The Morgan fingerprint density at radius 2 is 0.554 bits per heavy atom. The Kier molecular flexibility index (Phi) is 70.4. The number of phosphoric ester groups is 2. The van der Waals surface area contributed by atoms with E-state index in [0.717, 1.165) is 109 Å². The number of hydrogen-bond acceptors (Lipinski definition) is 14. The molecule has 0 aromatic carbocycles. The summed E-state index contributed by atoms with van der Waals surface area (Å²) in [7, 11) is -9.84. The minimum Gasteiger partial charge on any atom is -0.463 e. The first kappa shape index (κ1) is 95.6. The fourth-order valence-electron chi connectivity index (χ4n) is 9.38. The van der Waals surface area contributed by atoms with Gasteiger partial charge in [0.05, 0.1) is 26.4 Å². The van der Waals surface area contributed by atoms with E-state index in [2.05, 4.69) is 173 Å². The molecule has 0 aliphatic heterocycles. The molecule has 0 aliphatic carbocycles. The molecule has 16 nitrogen and oxygen atoms in total. The highest BCUT2D eigenvalue weighted by molar-refractivity contribution is 7.47. The van der Waals surface area contributed by atoms with Crippen LogP contribution in [-0.2, 0) is 55.8 Å². The number of aliphatic hydroxyl groups excluding tert-OH is 2. The van der Waals surface area contributed by atoms with E-state index >= 15 is 0 Å². The molecule has 0 fully saturated rings. The molecule has 0 rings (SSSR count). The van der Waals surface area contributed by atoms with Crippen molar-refractivity contribution >= 4 is 33.6 Å². The quantitative estimate of drug-likeness (QED) is 0.0146. The van der Waals surface area contributed by atoms with Crippen LogP contribution in [0.25, 0.3) is 0 Å². The summed E-state index contributed by atoms with van der Waals surface area (Å²) in [5.74, 6) is -1.76. The van der Waals surface area contributed by atoms with Crippen molar-refractivity contribution in [3.8, 4) is 0 Å². The van der Waals surface area contributed by atoms with Crippen LogP contribution in [0.2, 0.25) is 0 Å². The van der Waals surface area contributed by atoms with E-state index in [4.69, 9.17) is 32.3 Å². The Hall–Kier alpha value is -5.35. The molecule has 5 unspecified atom stereocenters. The van der Waals surface area contributed by atoms with E-state index in [1.807, 2.05) is 30.4 Å². The molecule has 0 aromatic heterocycles. The average molecular weight is 1450 g/mol. The summed E-state index contributed by atoms with van der Waals surface area (Å²) >= 11 is 0. The predicted molar refractivity (Wildman–Crippen MR) is 417 cm³/mol. The number of allylic oxidation sites excluding steroid dienone is 30. The zero-order chi connectivity index (χ0) is 73.7. The van der Waals surface area contributed by atoms with Crippen molar-refractivity contribution in [2.45, 2.75) is 283 Å². The van der Waals surface area contributed by atoms with Crippen LogP contribution >= 0.6 is 15.6 Å². The van der Waals surface area contributed by atoms with Crippen LogP contribution in [0.3, 0.4) is 0 Å². The van der Waals surface area contributed by atoms with Crippen LogP contribution in [0.1, 0.15) is 265 Å². The van der Waals surface area contributed by atoms with Crippen molar-refractivity contribution < 1.29 is 75.8 Å². The molecule has 0 radical (unpaired) electrons. The highest BCUT2D eigenvalue weighted by Crippen LogP contribution is 2.45. The maximum absolute atomic E-state index is 12.9. The molecule has 0 heterocycles. The Bertz CT molecular complexity index is 2570.